The Morgan fingerprint density at radius 1 is 1.25 bits per heavy atom. The zero-order chi connectivity index (χ0) is 20.1. The second kappa shape index (κ2) is 8.82. The Labute approximate surface area is 162 Å². The van der Waals surface area contributed by atoms with E-state index in [9.17, 15) is 18.0 Å². The number of carbonyl (C=O) groups is 1. The van der Waals surface area contributed by atoms with Gasteiger partial charge in [0, 0.05) is 18.4 Å². The molecule has 2 aromatic rings. The molecule has 1 aliphatic rings. The number of carbonyl (C=O) groups excluding carboxylic acids is 1. The molecule has 1 fully saturated rings. The highest BCUT2D eigenvalue weighted by molar-refractivity contribution is 5.69. The van der Waals surface area contributed by atoms with Crippen LogP contribution in [0.3, 0.4) is 0 Å². The third-order valence-electron chi connectivity index (χ3n) is 5.20. The van der Waals surface area contributed by atoms with Gasteiger partial charge in [-0.3, -0.25) is 9.69 Å². The molecule has 152 valence electrons. The molecule has 1 aromatic carbocycles. The number of ether oxygens (including phenoxy) is 1. The van der Waals surface area contributed by atoms with Gasteiger partial charge in [-0.25, -0.2) is 0 Å². The number of alkyl halides is 3. The van der Waals surface area contributed by atoms with Gasteiger partial charge in [0.25, 0.3) is 0 Å². The minimum Gasteiger partial charge on any atom is -0.469 e. The number of rotatable bonds is 6. The van der Waals surface area contributed by atoms with Crippen molar-refractivity contribution >= 4 is 5.97 Å². The molecule has 3 rings (SSSR count). The number of esters is 1. The molecule has 7 heteroatoms. The molecule has 0 N–H and O–H groups in total. The van der Waals surface area contributed by atoms with E-state index in [4.69, 9.17) is 9.15 Å². The molecule has 0 radical (unpaired) electrons. The molecule has 1 aliphatic heterocycles. The number of halogens is 3. The molecular weight excluding hydrogens is 371 g/mol. The number of hydrogen-bond acceptors (Lipinski definition) is 4. The van der Waals surface area contributed by atoms with Crippen molar-refractivity contribution in [2.24, 2.45) is 5.92 Å². The predicted octanol–water partition coefficient (Wildman–Crippen LogP) is 4.86. The fraction of sp³-hybridized carbons (Fsp3) is 0.476. The second-order valence-electron chi connectivity index (χ2n) is 7.21. The summed E-state index contributed by atoms with van der Waals surface area (Å²) in [6.07, 6.45) is -0.239. The topological polar surface area (TPSA) is 42.7 Å². The molecular formula is C21H24F3NO3. The van der Waals surface area contributed by atoms with E-state index in [2.05, 4.69) is 4.90 Å². The van der Waals surface area contributed by atoms with Crippen LogP contribution in [0.25, 0.3) is 0 Å². The van der Waals surface area contributed by atoms with Crippen molar-refractivity contribution in [2.45, 2.75) is 37.9 Å². The van der Waals surface area contributed by atoms with Crippen molar-refractivity contribution in [1.29, 1.82) is 0 Å². The summed E-state index contributed by atoms with van der Waals surface area (Å²) in [5.41, 5.74) is 0.155. The zero-order valence-electron chi connectivity index (χ0n) is 15.7. The van der Waals surface area contributed by atoms with Gasteiger partial charge in [0.05, 0.1) is 24.9 Å². The number of hydrogen-bond donors (Lipinski definition) is 0. The maximum atomic E-state index is 12.8. The maximum absolute atomic E-state index is 12.8. The Morgan fingerprint density at radius 2 is 2.00 bits per heavy atom. The fourth-order valence-corrected chi connectivity index (χ4v) is 3.78. The summed E-state index contributed by atoms with van der Waals surface area (Å²) in [5.74, 6) is 0.482. The molecule has 0 aliphatic carbocycles. The van der Waals surface area contributed by atoms with E-state index in [1.54, 1.807) is 12.3 Å². The van der Waals surface area contributed by atoms with Crippen molar-refractivity contribution in [3.8, 4) is 0 Å². The normalized spacial score (nSPS) is 20.9. The minimum absolute atomic E-state index is 0.0445. The van der Waals surface area contributed by atoms with Crippen molar-refractivity contribution in [3.63, 3.8) is 0 Å². The molecule has 0 amide bonds. The molecule has 0 saturated carbocycles. The number of likely N-dealkylation sites (tertiary alicyclic amines) is 1. The van der Waals surface area contributed by atoms with E-state index in [1.807, 2.05) is 13.1 Å². The first kappa shape index (κ1) is 20.5. The molecule has 2 heterocycles. The molecule has 1 saturated heterocycles. The Morgan fingerprint density at radius 3 is 2.64 bits per heavy atom. The van der Waals surface area contributed by atoms with E-state index in [-0.39, 0.29) is 31.0 Å². The van der Waals surface area contributed by atoms with Crippen LogP contribution in [0.1, 0.15) is 42.2 Å². The van der Waals surface area contributed by atoms with Crippen LogP contribution in [0.4, 0.5) is 13.2 Å². The van der Waals surface area contributed by atoms with Crippen molar-refractivity contribution in [1.82, 2.24) is 4.90 Å². The molecule has 4 nitrogen and oxygen atoms in total. The molecule has 1 aromatic heterocycles. The van der Waals surface area contributed by atoms with Crippen LogP contribution in [0.2, 0.25) is 0 Å². The first-order valence-electron chi connectivity index (χ1n) is 9.40. The Balaban J connectivity index is 1.61. The van der Waals surface area contributed by atoms with Crippen LogP contribution >= 0.6 is 0 Å². The Kier molecular flexibility index (Phi) is 6.44. The van der Waals surface area contributed by atoms with Gasteiger partial charge in [0.1, 0.15) is 5.76 Å². The highest BCUT2D eigenvalue weighted by atomic mass is 19.4. The van der Waals surface area contributed by atoms with Crippen LogP contribution in [0.5, 0.6) is 0 Å². The lowest BCUT2D eigenvalue weighted by molar-refractivity contribution is -0.146. The molecule has 2 atom stereocenters. The maximum Gasteiger partial charge on any atom is 0.416 e. The van der Waals surface area contributed by atoms with Crippen molar-refractivity contribution < 1.29 is 27.1 Å². The zero-order valence-corrected chi connectivity index (χ0v) is 15.7. The summed E-state index contributed by atoms with van der Waals surface area (Å²) in [4.78, 5) is 14.2. The minimum atomic E-state index is -4.35. The molecule has 0 bridgehead atoms. The summed E-state index contributed by atoms with van der Waals surface area (Å²) >= 11 is 0. The van der Waals surface area contributed by atoms with Crippen LogP contribution in [-0.4, -0.2) is 31.1 Å². The predicted molar refractivity (Wildman–Crippen MR) is 97.5 cm³/mol. The number of aryl methyl sites for hydroxylation is 1. The molecule has 0 spiro atoms. The van der Waals surface area contributed by atoms with E-state index < -0.39 is 11.7 Å². The third kappa shape index (κ3) is 5.16. The van der Waals surface area contributed by atoms with Gasteiger partial charge in [-0.15, -0.1) is 0 Å². The van der Waals surface area contributed by atoms with E-state index in [0.717, 1.165) is 42.8 Å². The first-order valence-corrected chi connectivity index (χ1v) is 9.40. The molecule has 28 heavy (non-hydrogen) atoms. The number of piperidine rings is 1. The van der Waals surface area contributed by atoms with Crippen molar-refractivity contribution in [3.05, 3.63) is 59.5 Å². The van der Waals surface area contributed by atoms with Gasteiger partial charge in [0.2, 0.25) is 0 Å². The monoisotopic (exact) mass is 395 g/mol. The first-order chi connectivity index (χ1) is 13.3. The van der Waals surface area contributed by atoms with Gasteiger partial charge in [-0.05, 0) is 56.3 Å². The van der Waals surface area contributed by atoms with E-state index in [0.29, 0.717) is 6.42 Å². The summed E-state index contributed by atoms with van der Waals surface area (Å²) in [7, 11) is 1.95. The third-order valence-corrected chi connectivity index (χ3v) is 5.20. The quantitative estimate of drug-likeness (QED) is 0.656. The summed E-state index contributed by atoms with van der Waals surface area (Å²) in [6.45, 7) is 1.11. The second-order valence-corrected chi connectivity index (χ2v) is 7.21. The van der Waals surface area contributed by atoms with E-state index >= 15 is 0 Å². The van der Waals surface area contributed by atoms with Gasteiger partial charge in [-0.2, -0.15) is 13.2 Å². The number of benzene rings is 1. The lowest BCUT2D eigenvalue weighted by atomic mass is 9.85. The Hall–Kier alpha value is -2.28. The SMILES string of the molecule is CN1CCCC(COC(=O)CCc2ccco2)C1c1ccc(C(F)(F)F)cc1. The average molecular weight is 395 g/mol. The Bertz CT molecular complexity index is 756. The fourth-order valence-electron chi connectivity index (χ4n) is 3.78. The number of nitrogens with zero attached hydrogens (tertiary/aromatic N) is 1. The number of furan rings is 1. The van der Waals surface area contributed by atoms with Crippen molar-refractivity contribution in [2.75, 3.05) is 20.2 Å². The largest absolute Gasteiger partial charge is 0.469 e. The van der Waals surface area contributed by atoms with Crippen LogP contribution in [0.15, 0.2) is 47.1 Å². The smallest absolute Gasteiger partial charge is 0.416 e. The van der Waals surface area contributed by atoms with E-state index in [1.165, 1.54) is 12.1 Å². The average Bonchev–Trinajstić information content (AvgIpc) is 3.18. The summed E-state index contributed by atoms with van der Waals surface area (Å²) in [5, 5.41) is 0. The lowest BCUT2D eigenvalue weighted by Gasteiger charge is -2.39. The highest BCUT2D eigenvalue weighted by Crippen LogP contribution is 2.37. The molecule has 2 unspecified atom stereocenters. The van der Waals surface area contributed by atoms with Crippen LogP contribution < -0.4 is 0 Å². The van der Waals surface area contributed by atoms with Gasteiger partial charge in [-0.1, -0.05) is 12.1 Å². The summed E-state index contributed by atoms with van der Waals surface area (Å²) < 4.78 is 49.2. The van der Waals surface area contributed by atoms with Crippen LogP contribution in [-0.2, 0) is 22.1 Å². The summed E-state index contributed by atoms with van der Waals surface area (Å²) in [6, 6.07) is 8.79. The highest BCUT2D eigenvalue weighted by Gasteiger charge is 2.33. The van der Waals surface area contributed by atoms with Crippen LogP contribution in [0, 0.1) is 5.92 Å². The van der Waals surface area contributed by atoms with Gasteiger partial charge in [0.15, 0.2) is 0 Å². The standard InChI is InChI=1S/C21H24F3NO3/c1-25-12-2-4-16(14-28-19(26)11-10-18-5-3-13-27-18)20(25)15-6-8-17(9-7-15)21(22,23)24/h3,5-9,13,16,20H,2,4,10-12,14H2,1H3. The van der Waals surface area contributed by atoms with Gasteiger partial charge >= 0.3 is 12.1 Å². The van der Waals surface area contributed by atoms with Gasteiger partial charge < -0.3 is 9.15 Å². The lowest BCUT2D eigenvalue weighted by Crippen LogP contribution is -2.38.